The Morgan fingerprint density at radius 3 is 2.39 bits per heavy atom. The Hall–Kier alpha value is -1.37. The van der Waals surface area contributed by atoms with Crippen LogP contribution in [0.5, 0.6) is 0 Å². The van der Waals surface area contributed by atoms with Crippen LogP contribution in [0.2, 0.25) is 0 Å². The standard InChI is InChI=1S/C11H12F3NO2S/c1-18-3-2-9(11(16)17)15-10-7(13)4-6(12)5-8(10)14/h4-5,9,15H,2-3H2,1H3,(H,16,17)/t9-/m0/s1. The summed E-state index contributed by atoms with van der Waals surface area (Å²) < 4.78 is 39.3. The molecule has 0 heterocycles. The van der Waals surface area contributed by atoms with E-state index in [0.29, 0.717) is 17.9 Å². The third-order valence-electron chi connectivity index (χ3n) is 2.23. The number of hydrogen-bond donors (Lipinski definition) is 2. The number of thioether (sulfide) groups is 1. The van der Waals surface area contributed by atoms with E-state index in [1.807, 2.05) is 0 Å². The summed E-state index contributed by atoms with van der Waals surface area (Å²) in [7, 11) is 0. The predicted octanol–water partition coefficient (Wildman–Crippen LogP) is 2.72. The molecule has 7 heteroatoms. The number of benzene rings is 1. The quantitative estimate of drug-likeness (QED) is 0.840. The lowest BCUT2D eigenvalue weighted by Gasteiger charge is -2.16. The van der Waals surface area contributed by atoms with Crippen LogP contribution in [0.3, 0.4) is 0 Å². The number of carboxylic acid groups (broad SMARTS) is 1. The van der Waals surface area contributed by atoms with Crippen LogP contribution in [0.1, 0.15) is 6.42 Å². The van der Waals surface area contributed by atoms with E-state index in [1.165, 1.54) is 11.8 Å². The molecule has 2 N–H and O–H groups in total. The molecule has 0 amide bonds. The van der Waals surface area contributed by atoms with E-state index in [1.54, 1.807) is 6.26 Å². The van der Waals surface area contributed by atoms with Gasteiger partial charge >= 0.3 is 5.97 Å². The molecule has 0 aliphatic heterocycles. The van der Waals surface area contributed by atoms with Gasteiger partial charge in [0.1, 0.15) is 17.5 Å². The Morgan fingerprint density at radius 2 is 1.94 bits per heavy atom. The van der Waals surface area contributed by atoms with Crippen molar-refractivity contribution < 1.29 is 23.1 Å². The van der Waals surface area contributed by atoms with Crippen LogP contribution in [0.15, 0.2) is 12.1 Å². The molecule has 0 saturated carbocycles. The lowest BCUT2D eigenvalue weighted by Crippen LogP contribution is -2.30. The molecule has 1 atom stereocenters. The number of anilines is 1. The van der Waals surface area contributed by atoms with E-state index >= 15 is 0 Å². The molecule has 0 spiro atoms. The largest absolute Gasteiger partial charge is 0.480 e. The Balaban J connectivity index is 2.90. The smallest absolute Gasteiger partial charge is 0.326 e. The van der Waals surface area contributed by atoms with Crippen LogP contribution in [0.4, 0.5) is 18.9 Å². The number of nitrogens with one attached hydrogen (secondary N) is 1. The molecule has 0 aliphatic carbocycles. The second-order valence-corrected chi connectivity index (χ2v) is 4.55. The van der Waals surface area contributed by atoms with Crippen LogP contribution < -0.4 is 5.32 Å². The molecule has 0 saturated heterocycles. The first kappa shape index (κ1) is 14.7. The topological polar surface area (TPSA) is 49.3 Å². The third kappa shape index (κ3) is 3.83. The fourth-order valence-corrected chi connectivity index (χ4v) is 1.82. The molecular weight excluding hydrogens is 267 g/mol. The highest BCUT2D eigenvalue weighted by molar-refractivity contribution is 7.98. The van der Waals surface area contributed by atoms with Gasteiger partial charge in [-0.25, -0.2) is 18.0 Å². The average molecular weight is 279 g/mol. The van der Waals surface area contributed by atoms with E-state index < -0.39 is 35.2 Å². The Labute approximate surface area is 106 Å². The highest BCUT2D eigenvalue weighted by atomic mass is 32.2. The van der Waals surface area contributed by atoms with Gasteiger partial charge in [0.25, 0.3) is 0 Å². The number of carboxylic acids is 1. The second-order valence-electron chi connectivity index (χ2n) is 3.56. The second kappa shape index (κ2) is 6.53. The van der Waals surface area contributed by atoms with Crippen molar-refractivity contribution in [3.63, 3.8) is 0 Å². The molecule has 3 nitrogen and oxygen atoms in total. The van der Waals surface area contributed by atoms with Gasteiger partial charge in [0.05, 0.1) is 0 Å². The van der Waals surface area contributed by atoms with Gasteiger partial charge in [-0.1, -0.05) is 0 Å². The summed E-state index contributed by atoms with van der Waals surface area (Å²) >= 11 is 1.42. The van der Waals surface area contributed by atoms with Crippen molar-refractivity contribution in [2.24, 2.45) is 0 Å². The molecule has 0 fully saturated rings. The van der Waals surface area contributed by atoms with Crippen LogP contribution in [-0.2, 0) is 4.79 Å². The summed E-state index contributed by atoms with van der Waals surface area (Å²) in [5.41, 5.74) is -0.620. The minimum absolute atomic E-state index is 0.201. The zero-order chi connectivity index (χ0) is 13.7. The molecule has 0 bridgehead atoms. The summed E-state index contributed by atoms with van der Waals surface area (Å²) in [6.45, 7) is 0. The fraction of sp³-hybridized carbons (Fsp3) is 0.364. The third-order valence-corrected chi connectivity index (χ3v) is 2.88. The molecule has 1 rings (SSSR count). The zero-order valence-corrected chi connectivity index (χ0v) is 10.4. The summed E-state index contributed by atoms with van der Waals surface area (Å²) in [6.07, 6.45) is 1.99. The molecule has 1 aromatic rings. The molecule has 18 heavy (non-hydrogen) atoms. The van der Waals surface area contributed by atoms with Gasteiger partial charge in [-0.05, 0) is 18.4 Å². The molecule has 0 aromatic heterocycles. The Kier molecular flexibility index (Phi) is 5.33. The molecule has 100 valence electrons. The van der Waals surface area contributed by atoms with Crippen molar-refractivity contribution in [1.29, 1.82) is 0 Å². The average Bonchev–Trinajstić information content (AvgIpc) is 2.26. The highest BCUT2D eigenvalue weighted by Gasteiger charge is 2.21. The van der Waals surface area contributed by atoms with E-state index in [9.17, 15) is 18.0 Å². The van der Waals surface area contributed by atoms with Crippen molar-refractivity contribution in [3.8, 4) is 0 Å². The first-order chi connectivity index (χ1) is 8.45. The minimum atomic E-state index is -1.22. The van der Waals surface area contributed by atoms with Crippen LogP contribution >= 0.6 is 11.8 Å². The van der Waals surface area contributed by atoms with Crippen molar-refractivity contribution in [2.45, 2.75) is 12.5 Å². The summed E-state index contributed by atoms with van der Waals surface area (Å²) in [5, 5.41) is 11.2. The SMILES string of the molecule is CSCC[C@H](Nc1c(F)cc(F)cc1F)C(=O)O. The molecule has 0 unspecified atom stereocenters. The van der Waals surface area contributed by atoms with Crippen molar-refractivity contribution in [1.82, 2.24) is 0 Å². The fourth-order valence-electron chi connectivity index (χ4n) is 1.35. The van der Waals surface area contributed by atoms with Gasteiger partial charge in [-0.15, -0.1) is 0 Å². The lowest BCUT2D eigenvalue weighted by atomic mass is 10.2. The van der Waals surface area contributed by atoms with E-state index in [-0.39, 0.29) is 6.42 Å². The summed E-state index contributed by atoms with van der Waals surface area (Å²) in [4.78, 5) is 10.9. The van der Waals surface area contributed by atoms with Gasteiger partial charge in [-0.2, -0.15) is 11.8 Å². The van der Waals surface area contributed by atoms with E-state index in [2.05, 4.69) is 5.32 Å². The number of aliphatic carboxylic acids is 1. The van der Waals surface area contributed by atoms with E-state index in [0.717, 1.165) is 0 Å². The summed E-state index contributed by atoms with van der Waals surface area (Å²) in [5.74, 6) is -4.04. The van der Waals surface area contributed by atoms with Gasteiger partial charge in [0.15, 0.2) is 11.6 Å². The molecular formula is C11H12F3NO2S. The first-order valence-corrected chi connectivity index (χ1v) is 6.48. The number of hydrogen-bond acceptors (Lipinski definition) is 3. The van der Waals surface area contributed by atoms with Crippen LogP contribution in [-0.4, -0.2) is 29.1 Å². The highest BCUT2D eigenvalue weighted by Crippen LogP contribution is 2.21. The molecule has 0 aliphatic rings. The number of halogens is 3. The Bertz CT molecular complexity index is 419. The molecule has 1 aromatic carbocycles. The number of carbonyl (C=O) groups is 1. The minimum Gasteiger partial charge on any atom is -0.480 e. The maximum absolute atomic E-state index is 13.3. The monoisotopic (exact) mass is 279 g/mol. The normalized spacial score (nSPS) is 12.2. The van der Waals surface area contributed by atoms with Crippen molar-refractivity contribution in [2.75, 3.05) is 17.3 Å². The first-order valence-electron chi connectivity index (χ1n) is 5.08. The van der Waals surface area contributed by atoms with Gasteiger partial charge < -0.3 is 10.4 Å². The van der Waals surface area contributed by atoms with Crippen LogP contribution in [0.25, 0.3) is 0 Å². The number of rotatable bonds is 6. The van der Waals surface area contributed by atoms with Gasteiger partial charge in [-0.3, -0.25) is 0 Å². The Morgan fingerprint density at radius 1 is 1.39 bits per heavy atom. The zero-order valence-electron chi connectivity index (χ0n) is 9.54. The van der Waals surface area contributed by atoms with Crippen molar-refractivity contribution in [3.05, 3.63) is 29.6 Å². The van der Waals surface area contributed by atoms with Crippen LogP contribution in [0, 0.1) is 17.5 Å². The maximum atomic E-state index is 13.3. The van der Waals surface area contributed by atoms with Crippen molar-refractivity contribution >= 4 is 23.4 Å². The predicted molar refractivity (Wildman–Crippen MR) is 64.4 cm³/mol. The summed E-state index contributed by atoms with van der Waals surface area (Å²) in [6, 6.07) is -0.121. The maximum Gasteiger partial charge on any atom is 0.326 e. The van der Waals surface area contributed by atoms with Gasteiger partial charge in [0.2, 0.25) is 0 Å². The van der Waals surface area contributed by atoms with E-state index in [4.69, 9.17) is 5.11 Å². The lowest BCUT2D eigenvalue weighted by molar-refractivity contribution is -0.137. The van der Waals surface area contributed by atoms with Gasteiger partial charge in [0, 0.05) is 12.1 Å². The molecule has 0 radical (unpaired) electrons.